The van der Waals surface area contributed by atoms with E-state index in [1.807, 2.05) is 19.1 Å². The van der Waals surface area contributed by atoms with Crippen LogP contribution in [0.25, 0.3) is 0 Å². The minimum atomic E-state index is -3.39. The first-order valence-electron chi connectivity index (χ1n) is 7.64. The molecule has 0 spiro atoms. The molecule has 0 aromatic heterocycles. The maximum absolute atomic E-state index is 12.3. The number of rotatable bonds is 7. The molecule has 0 unspecified atom stereocenters. The summed E-state index contributed by atoms with van der Waals surface area (Å²) in [5, 5.41) is 3.31. The zero-order chi connectivity index (χ0) is 15.1. The van der Waals surface area contributed by atoms with Gasteiger partial charge in [-0.15, -0.1) is 24.8 Å². The van der Waals surface area contributed by atoms with Crippen LogP contribution in [0.5, 0.6) is 0 Å². The first-order chi connectivity index (χ1) is 10.1. The Hall–Kier alpha value is -0.370. The second-order valence-electron chi connectivity index (χ2n) is 5.30. The van der Waals surface area contributed by atoms with Crippen molar-refractivity contribution in [2.75, 3.05) is 39.3 Å². The fourth-order valence-corrected chi connectivity index (χ4v) is 3.96. The zero-order valence-corrected chi connectivity index (χ0v) is 15.9. The number of piperazine rings is 1. The van der Waals surface area contributed by atoms with Gasteiger partial charge in [0.2, 0.25) is 10.0 Å². The van der Waals surface area contributed by atoms with Crippen LogP contribution in [0.1, 0.15) is 18.9 Å². The molecule has 2 N–H and O–H groups in total. The predicted octanol–water partition coefficient (Wildman–Crippen LogP) is 1.67. The number of halogens is 2. The van der Waals surface area contributed by atoms with Crippen LogP contribution in [-0.4, -0.2) is 52.6 Å². The average Bonchev–Trinajstić information content (AvgIpc) is 2.52. The number of benzene rings is 1. The standard InChI is InChI=1S/C15H25N3O2S.2ClH/c1-2-14-6-3-4-7-15(14)21(19,20)17-8-5-11-18-12-9-16-10-13-18;;/h3-4,6-7,16-17H,2,5,8-13H2,1H3;2*1H. The Morgan fingerprint density at radius 2 is 1.83 bits per heavy atom. The van der Waals surface area contributed by atoms with E-state index in [9.17, 15) is 8.42 Å². The SMILES string of the molecule is CCc1ccccc1S(=O)(=O)NCCCN1CCNCC1.Cl.Cl. The van der Waals surface area contributed by atoms with Crippen LogP contribution in [0.4, 0.5) is 0 Å². The number of hydrogen-bond acceptors (Lipinski definition) is 4. The highest BCUT2D eigenvalue weighted by molar-refractivity contribution is 7.89. The molecule has 0 aliphatic carbocycles. The van der Waals surface area contributed by atoms with Crippen molar-refractivity contribution in [3.63, 3.8) is 0 Å². The summed E-state index contributed by atoms with van der Waals surface area (Å²) in [5.41, 5.74) is 0.868. The highest BCUT2D eigenvalue weighted by atomic mass is 35.5. The predicted molar refractivity (Wildman–Crippen MR) is 99.4 cm³/mol. The van der Waals surface area contributed by atoms with E-state index >= 15 is 0 Å². The topological polar surface area (TPSA) is 61.4 Å². The number of hydrogen-bond donors (Lipinski definition) is 2. The molecule has 134 valence electrons. The minimum Gasteiger partial charge on any atom is -0.314 e. The third kappa shape index (κ3) is 6.95. The molecule has 23 heavy (non-hydrogen) atoms. The largest absolute Gasteiger partial charge is 0.314 e. The van der Waals surface area contributed by atoms with Crippen molar-refractivity contribution in [2.24, 2.45) is 0 Å². The molecule has 0 atom stereocenters. The van der Waals surface area contributed by atoms with Crippen LogP contribution in [0.15, 0.2) is 29.2 Å². The molecular weight excluding hydrogens is 357 g/mol. The molecule has 1 heterocycles. The second-order valence-corrected chi connectivity index (χ2v) is 7.04. The molecule has 2 rings (SSSR count). The molecule has 1 saturated heterocycles. The summed E-state index contributed by atoms with van der Waals surface area (Å²) in [7, 11) is -3.39. The normalized spacial score (nSPS) is 15.5. The smallest absolute Gasteiger partial charge is 0.240 e. The molecule has 8 heteroatoms. The van der Waals surface area contributed by atoms with E-state index in [0.717, 1.165) is 51.1 Å². The van der Waals surface area contributed by atoms with E-state index in [0.29, 0.717) is 11.4 Å². The minimum absolute atomic E-state index is 0. The van der Waals surface area contributed by atoms with Crippen molar-refractivity contribution >= 4 is 34.8 Å². The Labute approximate surface area is 152 Å². The highest BCUT2D eigenvalue weighted by Crippen LogP contribution is 2.15. The molecule has 0 amide bonds. The third-order valence-corrected chi connectivity index (χ3v) is 5.36. The summed E-state index contributed by atoms with van der Waals surface area (Å²) in [6.07, 6.45) is 1.56. The summed E-state index contributed by atoms with van der Waals surface area (Å²) in [6.45, 7) is 7.55. The Morgan fingerprint density at radius 1 is 1.17 bits per heavy atom. The lowest BCUT2D eigenvalue weighted by molar-refractivity contribution is 0.239. The summed E-state index contributed by atoms with van der Waals surface area (Å²) in [6, 6.07) is 7.20. The van der Waals surface area contributed by atoms with E-state index in [4.69, 9.17) is 0 Å². The van der Waals surface area contributed by atoms with Gasteiger partial charge < -0.3 is 10.2 Å². The maximum atomic E-state index is 12.3. The lowest BCUT2D eigenvalue weighted by atomic mass is 10.2. The van der Waals surface area contributed by atoms with Crippen LogP contribution >= 0.6 is 24.8 Å². The molecule has 0 saturated carbocycles. The van der Waals surface area contributed by atoms with Gasteiger partial charge in [-0.05, 0) is 31.0 Å². The molecule has 5 nitrogen and oxygen atoms in total. The van der Waals surface area contributed by atoms with Gasteiger partial charge in [-0.3, -0.25) is 0 Å². The second kappa shape index (κ2) is 11.2. The lowest BCUT2D eigenvalue weighted by Gasteiger charge is -2.27. The maximum Gasteiger partial charge on any atom is 0.240 e. The van der Waals surface area contributed by atoms with E-state index in [1.54, 1.807) is 12.1 Å². The van der Waals surface area contributed by atoms with Crippen molar-refractivity contribution in [2.45, 2.75) is 24.7 Å². The summed E-state index contributed by atoms with van der Waals surface area (Å²) >= 11 is 0. The molecule has 1 aliphatic heterocycles. The van der Waals surface area contributed by atoms with Crippen molar-refractivity contribution < 1.29 is 8.42 Å². The number of sulfonamides is 1. The molecule has 1 aromatic rings. The van der Waals surface area contributed by atoms with Crippen LogP contribution in [-0.2, 0) is 16.4 Å². The van der Waals surface area contributed by atoms with E-state index < -0.39 is 10.0 Å². The van der Waals surface area contributed by atoms with Gasteiger partial charge in [0.1, 0.15) is 0 Å². The van der Waals surface area contributed by atoms with Crippen LogP contribution in [0.3, 0.4) is 0 Å². The molecule has 0 radical (unpaired) electrons. The van der Waals surface area contributed by atoms with Crippen molar-refractivity contribution in [3.8, 4) is 0 Å². The fourth-order valence-electron chi connectivity index (χ4n) is 2.58. The Kier molecular flexibility index (Phi) is 11.1. The number of nitrogens with zero attached hydrogens (tertiary/aromatic N) is 1. The quantitative estimate of drug-likeness (QED) is 0.702. The Morgan fingerprint density at radius 3 is 2.48 bits per heavy atom. The van der Waals surface area contributed by atoms with Crippen LogP contribution in [0, 0.1) is 0 Å². The van der Waals surface area contributed by atoms with Gasteiger partial charge in [0.05, 0.1) is 4.90 Å². The average molecular weight is 384 g/mol. The lowest BCUT2D eigenvalue weighted by Crippen LogP contribution is -2.44. The Bertz CT molecular complexity index is 549. The molecule has 0 bridgehead atoms. The molecular formula is C15H27Cl2N3O2S. The van der Waals surface area contributed by atoms with E-state index in [-0.39, 0.29) is 24.8 Å². The molecule has 1 aromatic carbocycles. The first-order valence-corrected chi connectivity index (χ1v) is 9.12. The molecule has 1 aliphatic rings. The number of aryl methyl sites for hydroxylation is 1. The van der Waals surface area contributed by atoms with Gasteiger partial charge >= 0.3 is 0 Å². The van der Waals surface area contributed by atoms with Gasteiger partial charge in [0.15, 0.2) is 0 Å². The first kappa shape index (κ1) is 22.6. The van der Waals surface area contributed by atoms with Gasteiger partial charge in [-0.1, -0.05) is 25.1 Å². The van der Waals surface area contributed by atoms with E-state index in [2.05, 4.69) is 14.9 Å². The Balaban J connectivity index is 0.00000242. The van der Waals surface area contributed by atoms with Gasteiger partial charge in [-0.25, -0.2) is 13.1 Å². The van der Waals surface area contributed by atoms with Crippen LogP contribution in [0.2, 0.25) is 0 Å². The van der Waals surface area contributed by atoms with Gasteiger partial charge in [0, 0.05) is 32.7 Å². The monoisotopic (exact) mass is 383 g/mol. The van der Waals surface area contributed by atoms with Gasteiger partial charge in [0.25, 0.3) is 0 Å². The summed E-state index contributed by atoms with van der Waals surface area (Å²) < 4.78 is 27.4. The fraction of sp³-hybridized carbons (Fsp3) is 0.600. The van der Waals surface area contributed by atoms with Crippen LogP contribution < -0.4 is 10.0 Å². The van der Waals surface area contributed by atoms with Crippen molar-refractivity contribution in [1.82, 2.24) is 14.9 Å². The van der Waals surface area contributed by atoms with Gasteiger partial charge in [-0.2, -0.15) is 0 Å². The summed E-state index contributed by atoms with van der Waals surface area (Å²) in [5.74, 6) is 0. The van der Waals surface area contributed by atoms with Crippen molar-refractivity contribution in [1.29, 1.82) is 0 Å². The summed E-state index contributed by atoms with van der Waals surface area (Å²) in [4.78, 5) is 2.78. The van der Waals surface area contributed by atoms with E-state index in [1.165, 1.54) is 0 Å². The molecule has 1 fully saturated rings. The zero-order valence-electron chi connectivity index (χ0n) is 13.5. The highest BCUT2D eigenvalue weighted by Gasteiger charge is 2.16. The third-order valence-electron chi connectivity index (χ3n) is 3.80. The number of nitrogens with one attached hydrogen (secondary N) is 2. The van der Waals surface area contributed by atoms with Crippen molar-refractivity contribution in [3.05, 3.63) is 29.8 Å².